The maximum Gasteiger partial charge on any atom is 0.289 e. The number of para-hydroxylation sites is 1. The number of benzene rings is 1. The highest BCUT2D eigenvalue weighted by atomic mass is 16.3. The molecule has 0 aliphatic carbocycles. The normalized spacial score (nSPS) is 11.5. The zero-order valence-corrected chi connectivity index (χ0v) is 14.2. The minimum Gasteiger partial charge on any atom is -0.449 e. The molecule has 2 amide bonds. The van der Waals surface area contributed by atoms with Crippen molar-refractivity contribution in [2.75, 3.05) is 5.32 Å². The Morgan fingerprint density at radius 1 is 1.17 bits per heavy atom. The van der Waals surface area contributed by atoms with E-state index in [9.17, 15) is 9.59 Å². The van der Waals surface area contributed by atoms with Crippen LogP contribution in [0.15, 0.2) is 28.7 Å². The van der Waals surface area contributed by atoms with Crippen LogP contribution in [0, 0.1) is 0 Å². The van der Waals surface area contributed by atoms with Crippen LogP contribution in [0.4, 0.5) is 5.69 Å². The maximum atomic E-state index is 12.5. The first kappa shape index (κ1) is 17.1. The van der Waals surface area contributed by atoms with E-state index in [1.807, 2.05) is 45.9 Å². The molecule has 0 fully saturated rings. The third-order valence-electron chi connectivity index (χ3n) is 3.31. The summed E-state index contributed by atoms with van der Waals surface area (Å²) >= 11 is 0. The number of anilines is 1. The third-order valence-corrected chi connectivity index (χ3v) is 3.31. The fraction of sp³-hybridized carbons (Fsp3) is 0.444. The van der Waals surface area contributed by atoms with Crippen molar-refractivity contribution >= 4 is 28.5 Å². The van der Waals surface area contributed by atoms with Crippen LogP contribution in [-0.4, -0.2) is 17.4 Å². The van der Waals surface area contributed by atoms with Gasteiger partial charge < -0.3 is 15.1 Å². The first-order valence-corrected chi connectivity index (χ1v) is 7.95. The molecular weight excluding hydrogens is 292 g/mol. The molecule has 0 atom stereocenters. The number of unbranched alkanes of at least 4 members (excludes halogenated alkanes) is 1. The van der Waals surface area contributed by atoms with Crippen molar-refractivity contribution in [3.8, 4) is 0 Å². The minimum absolute atomic E-state index is 0.108. The van der Waals surface area contributed by atoms with Crippen LogP contribution in [0.3, 0.4) is 0 Å². The number of amides is 2. The lowest BCUT2D eigenvalue weighted by atomic mass is 10.1. The predicted molar refractivity (Wildman–Crippen MR) is 91.6 cm³/mol. The Hall–Kier alpha value is -2.30. The summed E-state index contributed by atoms with van der Waals surface area (Å²) in [5, 5.41) is 6.44. The van der Waals surface area contributed by atoms with Crippen molar-refractivity contribution in [3.63, 3.8) is 0 Å². The van der Waals surface area contributed by atoms with E-state index < -0.39 is 0 Å². The number of carbonyl (C=O) groups excluding carboxylic acids is 2. The minimum atomic E-state index is -0.389. The second-order valence-corrected chi connectivity index (χ2v) is 6.66. The monoisotopic (exact) mass is 316 g/mol. The molecule has 1 heterocycles. The van der Waals surface area contributed by atoms with Gasteiger partial charge in [-0.2, -0.15) is 0 Å². The number of fused-ring (bicyclic) bond motifs is 1. The van der Waals surface area contributed by atoms with Gasteiger partial charge in [0, 0.05) is 17.3 Å². The van der Waals surface area contributed by atoms with Crippen LogP contribution >= 0.6 is 0 Å². The summed E-state index contributed by atoms with van der Waals surface area (Å²) in [5.74, 6) is -0.298. The van der Waals surface area contributed by atoms with E-state index in [0.717, 1.165) is 18.2 Å². The molecule has 5 heteroatoms. The summed E-state index contributed by atoms with van der Waals surface area (Å²) < 4.78 is 5.69. The largest absolute Gasteiger partial charge is 0.449 e. The second kappa shape index (κ2) is 6.86. The molecule has 1 aromatic carbocycles. The molecule has 0 aliphatic rings. The zero-order chi connectivity index (χ0) is 17.0. The summed E-state index contributed by atoms with van der Waals surface area (Å²) in [7, 11) is 0. The van der Waals surface area contributed by atoms with Crippen LogP contribution in [0.5, 0.6) is 0 Å². The smallest absolute Gasteiger partial charge is 0.289 e. The van der Waals surface area contributed by atoms with Gasteiger partial charge >= 0.3 is 0 Å². The number of nitrogens with one attached hydrogen (secondary N) is 2. The van der Waals surface area contributed by atoms with Gasteiger partial charge in [-0.3, -0.25) is 9.59 Å². The topological polar surface area (TPSA) is 71.3 Å². The standard InChI is InChI=1S/C18H24N2O3/c1-5-6-11-14(21)19-15-12-9-7-8-10-13(12)23-16(15)17(22)20-18(2,3)4/h7-10H,5-6,11H2,1-4H3,(H,19,21)(H,20,22). The summed E-state index contributed by atoms with van der Waals surface area (Å²) in [6.07, 6.45) is 2.18. The first-order valence-electron chi connectivity index (χ1n) is 7.95. The van der Waals surface area contributed by atoms with Gasteiger partial charge in [0.1, 0.15) is 11.3 Å². The van der Waals surface area contributed by atoms with E-state index in [4.69, 9.17) is 4.42 Å². The summed E-state index contributed by atoms with van der Waals surface area (Å²) in [4.78, 5) is 24.6. The van der Waals surface area contributed by atoms with Crippen LogP contribution in [-0.2, 0) is 4.79 Å². The van der Waals surface area contributed by atoms with Gasteiger partial charge in [0.15, 0.2) is 0 Å². The Labute approximate surface area is 136 Å². The molecule has 0 unspecified atom stereocenters. The lowest BCUT2D eigenvalue weighted by Gasteiger charge is -2.20. The zero-order valence-electron chi connectivity index (χ0n) is 14.2. The van der Waals surface area contributed by atoms with Gasteiger partial charge in [0.2, 0.25) is 11.7 Å². The Bertz CT molecular complexity index is 711. The predicted octanol–water partition coefficient (Wildman–Crippen LogP) is 4.09. The van der Waals surface area contributed by atoms with Gasteiger partial charge in [0.05, 0.1) is 0 Å². The lowest BCUT2D eigenvalue weighted by Crippen LogP contribution is -2.40. The van der Waals surface area contributed by atoms with Gasteiger partial charge in [-0.1, -0.05) is 25.5 Å². The molecule has 1 aromatic heterocycles. The van der Waals surface area contributed by atoms with Gasteiger partial charge in [-0.05, 0) is 39.3 Å². The molecule has 0 radical (unpaired) electrons. The van der Waals surface area contributed by atoms with Gasteiger partial charge in [-0.15, -0.1) is 0 Å². The fourth-order valence-corrected chi connectivity index (χ4v) is 2.27. The highest BCUT2D eigenvalue weighted by molar-refractivity contribution is 6.10. The number of rotatable bonds is 5. The molecule has 0 spiro atoms. The second-order valence-electron chi connectivity index (χ2n) is 6.66. The van der Waals surface area contributed by atoms with Crippen molar-refractivity contribution in [2.24, 2.45) is 0 Å². The quantitative estimate of drug-likeness (QED) is 0.872. The molecule has 2 N–H and O–H groups in total. The average Bonchev–Trinajstić information content (AvgIpc) is 2.82. The van der Waals surface area contributed by atoms with Gasteiger partial charge in [0.25, 0.3) is 5.91 Å². The first-order chi connectivity index (χ1) is 10.8. The number of hydrogen-bond donors (Lipinski definition) is 2. The van der Waals surface area contributed by atoms with Crippen LogP contribution in [0.2, 0.25) is 0 Å². The SMILES string of the molecule is CCCCC(=O)Nc1c(C(=O)NC(C)(C)C)oc2ccccc12. The van der Waals surface area contributed by atoms with E-state index in [1.165, 1.54) is 0 Å². The van der Waals surface area contributed by atoms with Crippen molar-refractivity contribution < 1.29 is 14.0 Å². The van der Waals surface area contributed by atoms with E-state index in [1.54, 1.807) is 6.07 Å². The summed E-state index contributed by atoms with van der Waals surface area (Å²) in [6, 6.07) is 7.30. The van der Waals surface area contributed by atoms with Crippen molar-refractivity contribution in [1.82, 2.24) is 5.32 Å². The van der Waals surface area contributed by atoms with E-state index >= 15 is 0 Å². The van der Waals surface area contributed by atoms with Crippen LogP contribution < -0.4 is 10.6 Å². The number of carbonyl (C=O) groups is 2. The molecule has 23 heavy (non-hydrogen) atoms. The number of furan rings is 1. The molecular formula is C18H24N2O3. The molecule has 0 saturated carbocycles. The number of hydrogen-bond acceptors (Lipinski definition) is 3. The van der Waals surface area contributed by atoms with Crippen molar-refractivity contribution in [3.05, 3.63) is 30.0 Å². The molecule has 124 valence electrons. The third kappa shape index (κ3) is 4.34. The van der Waals surface area contributed by atoms with E-state index in [2.05, 4.69) is 10.6 Å². The molecule has 2 rings (SSSR count). The summed E-state index contributed by atoms with van der Waals surface area (Å²) in [6.45, 7) is 7.72. The van der Waals surface area contributed by atoms with Crippen molar-refractivity contribution in [2.45, 2.75) is 52.5 Å². The molecule has 0 aliphatic heterocycles. The highest BCUT2D eigenvalue weighted by Crippen LogP contribution is 2.31. The average molecular weight is 316 g/mol. The van der Waals surface area contributed by atoms with Gasteiger partial charge in [-0.25, -0.2) is 0 Å². The van der Waals surface area contributed by atoms with E-state index in [0.29, 0.717) is 17.7 Å². The lowest BCUT2D eigenvalue weighted by molar-refractivity contribution is -0.116. The van der Waals surface area contributed by atoms with Crippen LogP contribution in [0.1, 0.15) is 57.5 Å². The molecule has 2 aromatic rings. The Balaban J connectivity index is 2.37. The Kier molecular flexibility index (Phi) is 5.08. The molecule has 0 bridgehead atoms. The highest BCUT2D eigenvalue weighted by Gasteiger charge is 2.24. The fourth-order valence-electron chi connectivity index (χ4n) is 2.27. The van der Waals surface area contributed by atoms with Crippen LogP contribution in [0.25, 0.3) is 11.0 Å². The van der Waals surface area contributed by atoms with Crippen molar-refractivity contribution in [1.29, 1.82) is 0 Å². The Morgan fingerprint density at radius 3 is 2.52 bits per heavy atom. The summed E-state index contributed by atoms with van der Waals surface area (Å²) in [5.41, 5.74) is 0.639. The van der Waals surface area contributed by atoms with E-state index in [-0.39, 0.29) is 23.1 Å². The molecule has 5 nitrogen and oxygen atoms in total. The maximum absolute atomic E-state index is 12.5. The molecule has 0 saturated heterocycles. The Morgan fingerprint density at radius 2 is 1.87 bits per heavy atom.